The molecular formula is C19H21BrN2O3. The lowest BCUT2D eigenvalue weighted by atomic mass is 10.1. The largest absolute Gasteiger partial charge is 0.495 e. The Morgan fingerprint density at radius 1 is 0.960 bits per heavy atom. The van der Waals surface area contributed by atoms with E-state index in [9.17, 15) is 9.59 Å². The van der Waals surface area contributed by atoms with Crippen molar-refractivity contribution in [1.29, 1.82) is 0 Å². The molecule has 0 atom stereocenters. The number of ether oxygens (including phenoxy) is 1. The number of methoxy groups -OCH3 is 1. The molecule has 25 heavy (non-hydrogen) atoms. The first kappa shape index (κ1) is 19.0. The van der Waals surface area contributed by atoms with E-state index in [4.69, 9.17) is 4.74 Å². The lowest BCUT2D eigenvalue weighted by Gasteiger charge is -2.20. The van der Waals surface area contributed by atoms with Crippen LogP contribution in [0.2, 0.25) is 0 Å². The molecule has 0 fully saturated rings. The van der Waals surface area contributed by atoms with E-state index in [0.717, 1.165) is 4.47 Å². The highest BCUT2D eigenvalue weighted by Gasteiger charge is 2.16. The Kier molecular flexibility index (Phi) is 5.85. The van der Waals surface area contributed by atoms with Crippen molar-refractivity contribution in [2.75, 3.05) is 12.4 Å². The third-order valence-electron chi connectivity index (χ3n) is 3.31. The fourth-order valence-electron chi connectivity index (χ4n) is 2.16. The quantitative estimate of drug-likeness (QED) is 0.800. The van der Waals surface area contributed by atoms with Crippen molar-refractivity contribution in [2.24, 2.45) is 0 Å². The van der Waals surface area contributed by atoms with Crippen molar-refractivity contribution in [3.8, 4) is 5.75 Å². The van der Waals surface area contributed by atoms with Crippen molar-refractivity contribution in [3.05, 3.63) is 58.1 Å². The number of hydrogen-bond acceptors (Lipinski definition) is 3. The monoisotopic (exact) mass is 404 g/mol. The van der Waals surface area contributed by atoms with Crippen LogP contribution in [-0.4, -0.2) is 24.5 Å². The third-order valence-corrected chi connectivity index (χ3v) is 3.80. The predicted octanol–water partition coefficient (Wildman–Crippen LogP) is 4.24. The fraction of sp³-hybridized carbons (Fsp3) is 0.263. The number of benzene rings is 2. The van der Waals surface area contributed by atoms with Crippen LogP contribution in [0.25, 0.3) is 0 Å². The first-order valence-corrected chi connectivity index (χ1v) is 8.56. The van der Waals surface area contributed by atoms with Gasteiger partial charge in [-0.1, -0.05) is 15.9 Å². The summed E-state index contributed by atoms with van der Waals surface area (Å²) in [5.41, 5.74) is 1.21. The summed E-state index contributed by atoms with van der Waals surface area (Å²) in [6.07, 6.45) is 0. The van der Waals surface area contributed by atoms with Crippen LogP contribution in [0.1, 0.15) is 41.5 Å². The molecule has 0 saturated carbocycles. The molecule has 0 aliphatic rings. The molecule has 2 amide bonds. The molecule has 5 nitrogen and oxygen atoms in total. The molecular weight excluding hydrogens is 384 g/mol. The Balaban J connectivity index is 2.13. The van der Waals surface area contributed by atoms with Gasteiger partial charge in [0.25, 0.3) is 11.8 Å². The highest BCUT2D eigenvalue weighted by atomic mass is 79.9. The van der Waals surface area contributed by atoms with Crippen molar-refractivity contribution >= 4 is 33.4 Å². The van der Waals surface area contributed by atoms with Crippen LogP contribution < -0.4 is 15.4 Å². The van der Waals surface area contributed by atoms with Crippen molar-refractivity contribution < 1.29 is 14.3 Å². The molecule has 2 rings (SSSR count). The predicted molar refractivity (Wildman–Crippen MR) is 102 cm³/mol. The normalized spacial score (nSPS) is 10.9. The second-order valence-electron chi connectivity index (χ2n) is 6.58. The van der Waals surface area contributed by atoms with Crippen LogP contribution in [0.5, 0.6) is 5.75 Å². The van der Waals surface area contributed by atoms with Gasteiger partial charge in [0.2, 0.25) is 0 Å². The highest BCUT2D eigenvalue weighted by Crippen LogP contribution is 2.28. The minimum Gasteiger partial charge on any atom is -0.495 e. The SMILES string of the molecule is COc1ccc(Br)cc1NC(=O)c1ccc(C(=O)NC(C)(C)C)cc1. The molecule has 0 bridgehead atoms. The van der Waals surface area contributed by atoms with Crippen LogP contribution in [0.15, 0.2) is 46.9 Å². The van der Waals surface area contributed by atoms with Crippen LogP contribution in [0.4, 0.5) is 5.69 Å². The molecule has 0 spiro atoms. The summed E-state index contributed by atoms with van der Waals surface area (Å²) < 4.78 is 6.08. The summed E-state index contributed by atoms with van der Waals surface area (Å²) >= 11 is 3.37. The molecule has 0 aliphatic heterocycles. The number of amides is 2. The van der Waals surface area contributed by atoms with E-state index in [1.165, 1.54) is 0 Å². The maximum atomic E-state index is 12.4. The number of rotatable bonds is 4. The summed E-state index contributed by atoms with van der Waals surface area (Å²) in [7, 11) is 1.54. The molecule has 0 heterocycles. The number of carbonyl (C=O) groups excluding carboxylic acids is 2. The van der Waals surface area contributed by atoms with Crippen LogP contribution >= 0.6 is 15.9 Å². The van der Waals surface area contributed by atoms with Crippen LogP contribution in [0.3, 0.4) is 0 Å². The Hall–Kier alpha value is -2.34. The highest BCUT2D eigenvalue weighted by molar-refractivity contribution is 9.10. The summed E-state index contributed by atoms with van der Waals surface area (Å²) in [5.74, 6) is 0.116. The number of nitrogens with one attached hydrogen (secondary N) is 2. The van der Waals surface area contributed by atoms with E-state index in [1.807, 2.05) is 26.8 Å². The second-order valence-corrected chi connectivity index (χ2v) is 7.50. The average molecular weight is 405 g/mol. The maximum absolute atomic E-state index is 12.4. The molecule has 2 N–H and O–H groups in total. The molecule has 0 aliphatic carbocycles. The van der Waals surface area contributed by atoms with Crippen LogP contribution in [0, 0.1) is 0 Å². The zero-order chi connectivity index (χ0) is 18.6. The van der Waals surface area contributed by atoms with Gasteiger partial charge < -0.3 is 15.4 Å². The molecule has 6 heteroatoms. The smallest absolute Gasteiger partial charge is 0.255 e. The Bertz CT molecular complexity index is 780. The summed E-state index contributed by atoms with van der Waals surface area (Å²) in [6.45, 7) is 5.74. The molecule has 2 aromatic rings. The van der Waals surface area contributed by atoms with Crippen molar-refractivity contribution in [3.63, 3.8) is 0 Å². The molecule has 0 radical (unpaired) electrons. The number of halogens is 1. The lowest BCUT2D eigenvalue weighted by Crippen LogP contribution is -2.40. The van der Waals surface area contributed by atoms with E-state index in [0.29, 0.717) is 22.6 Å². The van der Waals surface area contributed by atoms with E-state index in [-0.39, 0.29) is 17.4 Å². The molecule has 132 valence electrons. The Labute approximate surface area is 155 Å². The zero-order valence-corrected chi connectivity index (χ0v) is 16.2. The second kappa shape index (κ2) is 7.70. The van der Waals surface area contributed by atoms with E-state index in [2.05, 4.69) is 26.6 Å². The summed E-state index contributed by atoms with van der Waals surface area (Å²) in [6, 6.07) is 11.9. The van der Waals surface area contributed by atoms with Gasteiger partial charge in [-0.15, -0.1) is 0 Å². The number of carbonyl (C=O) groups is 2. The fourth-order valence-corrected chi connectivity index (χ4v) is 2.52. The third kappa shape index (κ3) is 5.32. The van der Waals surface area contributed by atoms with E-state index < -0.39 is 0 Å². The van der Waals surface area contributed by atoms with Gasteiger partial charge in [-0.3, -0.25) is 9.59 Å². The van der Waals surface area contributed by atoms with Gasteiger partial charge in [0.1, 0.15) is 5.75 Å². The van der Waals surface area contributed by atoms with Crippen LogP contribution in [-0.2, 0) is 0 Å². The van der Waals surface area contributed by atoms with Gasteiger partial charge in [-0.25, -0.2) is 0 Å². The van der Waals surface area contributed by atoms with Gasteiger partial charge in [0.05, 0.1) is 12.8 Å². The maximum Gasteiger partial charge on any atom is 0.255 e. The average Bonchev–Trinajstić information content (AvgIpc) is 2.53. The van der Waals surface area contributed by atoms with Gasteiger partial charge in [0.15, 0.2) is 0 Å². The van der Waals surface area contributed by atoms with E-state index in [1.54, 1.807) is 43.5 Å². The minimum absolute atomic E-state index is 0.173. The molecule has 2 aromatic carbocycles. The van der Waals surface area contributed by atoms with Gasteiger partial charge in [-0.05, 0) is 63.2 Å². The van der Waals surface area contributed by atoms with Gasteiger partial charge in [-0.2, -0.15) is 0 Å². The van der Waals surface area contributed by atoms with Gasteiger partial charge in [0, 0.05) is 21.1 Å². The minimum atomic E-state index is -0.315. The lowest BCUT2D eigenvalue weighted by molar-refractivity contribution is 0.0918. The van der Waals surface area contributed by atoms with Gasteiger partial charge >= 0.3 is 0 Å². The zero-order valence-electron chi connectivity index (χ0n) is 14.6. The van der Waals surface area contributed by atoms with E-state index >= 15 is 0 Å². The molecule has 0 unspecified atom stereocenters. The Morgan fingerprint density at radius 2 is 1.52 bits per heavy atom. The van der Waals surface area contributed by atoms with Crippen molar-refractivity contribution in [1.82, 2.24) is 5.32 Å². The Morgan fingerprint density at radius 3 is 2.04 bits per heavy atom. The van der Waals surface area contributed by atoms with Crippen molar-refractivity contribution in [2.45, 2.75) is 26.3 Å². The summed E-state index contributed by atoms with van der Waals surface area (Å²) in [4.78, 5) is 24.5. The molecule has 0 aromatic heterocycles. The molecule has 0 saturated heterocycles. The topological polar surface area (TPSA) is 67.4 Å². The number of anilines is 1. The standard InChI is InChI=1S/C19H21BrN2O3/c1-19(2,3)22-18(24)13-7-5-12(6-8-13)17(23)21-15-11-14(20)9-10-16(15)25-4/h5-11H,1-4H3,(H,21,23)(H,22,24). The first-order chi connectivity index (χ1) is 11.7. The first-order valence-electron chi connectivity index (χ1n) is 7.77. The summed E-state index contributed by atoms with van der Waals surface area (Å²) in [5, 5.41) is 5.70. The number of hydrogen-bond donors (Lipinski definition) is 2.